The summed E-state index contributed by atoms with van der Waals surface area (Å²) in [6.45, 7) is 7.42. The lowest BCUT2D eigenvalue weighted by Crippen LogP contribution is -2.56. The summed E-state index contributed by atoms with van der Waals surface area (Å²) in [5.41, 5.74) is -12.4. The van der Waals surface area contributed by atoms with E-state index in [0.717, 1.165) is 16.7 Å². The van der Waals surface area contributed by atoms with Crippen LogP contribution in [0.5, 0.6) is 0 Å². The lowest BCUT2D eigenvalue weighted by molar-refractivity contribution is -0.931. The minimum Gasteiger partial charge on any atom is -0.421 e. The van der Waals surface area contributed by atoms with Gasteiger partial charge in [0.05, 0.1) is 32.2 Å². The third-order valence-electron chi connectivity index (χ3n) is 6.36. The molecule has 0 radical (unpaired) electrons. The van der Waals surface area contributed by atoms with Crippen LogP contribution in [0, 0.1) is 0 Å². The van der Waals surface area contributed by atoms with Crippen LogP contribution in [0.15, 0.2) is 0 Å². The standard InChI is InChI=1S/C18H40NO3Si.C2F6NO4S2/c1-5-6-7-8-9-11-14-19(15-12-10-13-16-19)17-18-23(20-2,21-3)22-4;3-1(4,5)14(10,11)9-15(12,13)2(6,7)8/h5-18H2,1-4H3;/q+1;-1. The normalized spacial score (nSPS) is 17.1. The highest BCUT2D eigenvalue weighted by molar-refractivity contribution is 8.13. The largest absolute Gasteiger partial charge is 0.505 e. The monoisotopic (exact) mass is 626 g/mol. The highest BCUT2D eigenvalue weighted by atomic mass is 32.3. The molecule has 18 heteroatoms. The summed E-state index contributed by atoms with van der Waals surface area (Å²) in [7, 11) is -10.7. The highest BCUT2D eigenvalue weighted by Crippen LogP contribution is 2.36. The van der Waals surface area contributed by atoms with Gasteiger partial charge in [0.25, 0.3) is 0 Å². The van der Waals surface area contributed by atoms with Gasteiger partial charge in [-0.1, -0.05) is 32.6 Å². The minimum atomic E-state index is -6.72. The van der Waals surface area contributed by atoms with Crippen LogP contribution in [0.3, 0.4) is 0 Å². The SMILES string of the molecule is CCCCCCCC[N+]1(CC[Si](OC)(OC)OC)CCCCC1.O=S(=O)([N-]S(=O)(=O)C(F)(F)F)C(F)(F)F. The molecule has 38 heavy (non-hydrogen) atoms. The van der Waals surface area contributed by atoms with Gasteiger partial charge >= 0.3 is 19.8 Å². The zero-order valence-corrected chi connectivity index (χ0v) is 24.9. The van der Waals surface area contributed by atoms with E-state index < -0.39 is 39.9 Å². The molecule has 0 amide bonds. The van der Waals surface area contributed by atoms with E-state index in [-0.39, 0.29) is 0 Å². The van der Waals surface area contributed by atoms with Crippen LogP contribution < -0.4 is 0 Å². The number of halogens is 6. The van der Waals surface area contributed by atoms with Crippen LogP contribution in [-0.4, -0.2) is 88.6 Å². The minimum absolute atomic E-state index is 0.778. The van der Waals surface area contributed by atoms with Crippen molar-refractivity contribution < 1.29 is 60.9 Å². The van der Waals surface area contributed by atoms with E-state index in [1.807, 2.05) is 0 Å². The number of rotatable bonds is 15. The fourth-order valence-electron chi connectivity index (χ4n) is 4.11. The van der Waals surface area contributed by atoms with E-state index in [4.69, 9.17) is 13.3 Å². The lowest BCUT2D eigenvalue weighted by Gasteiger charge is -2.43. The highest BCUT2D eigenvalue weighted by Gasteiger charge is 2.47. The topological polar surface area (TPSA) is 110 Å². The second-order valence-corrected chi connectivity index (χ2v) is 15.5. The van der Waals surface area contributed by atoms with Gasteiger partial charge in [0.1, 0.15) is 0 Å². The van der Waals surface area contributed by atoms with Gasteiger partial charge < -0.3 is 21.9 Å². The van der Waals surface area contributed by atoms with Crippen molar-refractivity contribution >= 4 is 28.9 Å². The number of sulfonamides is 2. The Kier molecular flexibility index (Phi) is 15.9. The van der Waals surface area contributed by atoms with Crippen LogP contribution in [0.25, 0.3) is 4.13 Å². The van der Waals surface area contributed by atoms with Crippen molar-refractivity contribution in [3.05, 3.63) is 4.13 Å². The van der Waals surface area contributed by atoms with Gasteiger partial charge in [-0.15, -0.1) is 0 Å². The van der Waals surface area contributed by atoms with E-state index in [1.165, 1.54) is 81.9 Å². The van der Waals surface area contributed by atoms with Gasteiger partial charge in [-0.2, -0.15) is 26.3 Å². The number of likely N-dealkylation sites (tertiary alicyclic amines) is 1. The van der Waals surface area contributed by atoms with Crippen molar-refractivity contribution in [1.82, 2.24) is 0 Å². The summed E-state index contributed by atoms with van der Waals surface area (Å²) in [6, 6.07) is 0.937. The van der Waals surface area contributed by atoms with Crippen molar-refractivity contribution in [3.63, 3.8) is 0 Å². The summed E-state index contributed by atoms with van der Waals surface area (Å²) in [4.78, 5) is 0. The predicted molar refractivity (Wildman–Crippen MR) is 132 cm³/mol. The van der Waals surface area contributed by atoms with Gasteiger partial charge in [-0.3, -0.25) is 0 Å². The molecule has 0 aromatic carbocycles. The molecule has 0 saturated carbocycles. The Labute approximate surface area is 223 Å². The molecule has 1 saturated heterocycles. The average molecular weight is 627 g/mol. The van der Waals surface area contributed by atoms with E-state index in [2.05, 4.69) is 6.92 Å². The first-order valence-electron chi connectivity index (χ1n) is 12.2. The summed E-state index contributed by atoms with van der Waals surface area (Å²) < 4.78 is 127. The second kappa shape index (κ2) is 16.1. The van der Waals surface area contributed by atoms with E-state index in [0.29, 0.717) is 0 Å². The summed E-state index contributed by atoms with van der Waals surface area (Å²) >= 11 is 0. The molecule has 0 aliphatic carbocycles. The first-order valence-corrected chi connectivity index (χ1v) is 17.0. The molecule has 0 bridgehead atoms. The van der Waals surface area contributed by atoms with Crippen LogP contribution in [0.2, 0.25) is 6.04 Å². The summed E-state index contributed by atoms with van der Waals surface area (Å²) in [5.74, 6) is 0. The zero-order chi connectivity index (χ0) is 29.7. The first-order chi connectivity index (χ1) is 17.4. The number of hydrogen-bond acceptors (Lipinski definition) is 7. The van der Waals surface area contributed by atoms with E-state index >= 15 is 0 Å². The fourth-order valence-corrected chi connectivity index (χ4v) is 7.68. The van der Waals surface area contributed by atoms with E-state index in [9.17, 15) is 43.2 Å². The number of piperidine rings is 1. The maximum Gasteiger partial charge on any atom is 0.505 e. The maximum atomic E-state index is 11.4. The Hall–Kier alpha value is -0.503. The van der Waals surface area contributed by atoms with Crippen LogP contribution in [-0.2, 0) is 33.3 Å². The van der Waals surface area contributed by atoms with Crippen molar-refractivity contribution in [1.29, 1.82) is 0 Å². The van der Waals surface area contributed by atoms with Gasteiger partial charge in [0.2, 0.25) is 0 Å². The number of hydrogen-bond donors (Lipinski definition) is 0. The summed E-state index contributed by atoms with van der Waals surface area (Å²) in [6.07, 6.45) is 12.4. The molecule has 0 spiro atoms. The maximum absolute atomic E-state index is 11.4. The molecule has 0 unspecified atom stereocenters. The third kappa shape index (κ3) is 12.3. The molecule has 1 rings (SSSR count). The molecule has 0 aromatic heterocycles. The van der Waals surface area contributed by atoms with Gasteiger partial charge in [0, 0.05) is 21.3 Å². The molecule has 1 fully saturated rings. The first kappa shape index (κ1) is 37.5. The van der Waals surface area contributed by atoms with Crippen LogP contribution in [0.4, 0.5) is 26.3 Å². The number of nitrogens with zero attached hydrogens (tertiary/aromatic N) is 2. The zero-order valence-electron chi connectivity index (χ0n) is 22.2. The Bertz CT molecular complexity index is 827. The van der Waals surface area contributed by atoms with Crippen LogP contribution in [0.1, 0.15) is 64.7 Å². The smallest absolute Gasteiger partial charge is 0.421 e. The molecule has 230 valence electrons. The lowest BCUT2D eigenvalue weighted by atomic mass is 10.1. The Morgan fingerprint density at radius 3 is 1.53 bits per heavy atom. The number of alkyl halides is 6. The molecule has 1 heterocycles. The Morgan fingerprint density at radius 1 is 0.711 bits per heavy atom. The molecule has 0 N–H and O–H groups in total. The molecular formula is C20H40F6N2O7S2Si. The Balaban J connectivity index is 0.000000793. The van der Waals surface area contributed by atoms with Crippen molar-refractivity contribution in [2.45, 2.75) is 81.8 Å². The average Bonchev–Trinajstić information content (AvgIpc) is 2.82. The van der Waals surface area contributed by atoms with Crippen molar-refractivity contribution in [2.75, 3.05) is 47.5 Å². The van der Waals surface area contributed by atoms with Crippen molar-refractivity contribution in [2.24, 2.45) is 0 Å². The molecule has 1 aliphatic rings. The Morgan fingerprint density at radius 2 is 1.13 bits per heavy atom. The van der Waals surface area contributed by atoms with Gasteiger partial charge in [-0.05, 0) is 32.1 Å². The summed E-state index contributed by atoms with van der Waals surface area (Å²) in [5, 5.41) is 0. The molecular weight excluding hydrogens is 586 g/mol. The quantitative estimate of drug-likeness (QED) is 0.105. The molecule has 0 atom stereocenters. The van der Waals surface area contributed by atoms with E-state index in [1.54, 1.807) is 21.3 Å². The van der Waals surface area contributed by atoms with Gasteiger partial charge in [0.15, 0.2) is 20.0 Å². The fraction of sp³-hybridized carbons (Fsp3) is 1.00. The second-order valence-electron chi connectivity index (χ2n) is 9.03. The van der Waals surface area contributed by atoms with Crippen molar-refractivity contribution in [3.8, 4) is 0 Å². The molecule has 0 aromatic rings. The number of quaternary nitrogens is 1. The molecule has 9 nitrogen and oxygen atoms in total. The molecule has 1 aliphatic heterocycles. The predicted octanol–water partition coefficient (Wildman–Crippen LogP) is 5.29. The van der Waals surface area contributed by atoms with Gasteiger partial charge in [-0.25, -0.2) is 16.8 Å². The van der Waals surface area contributed by atoms with Crippen LogP contribution >= 0.6 is 0 Å². The third-order valence-corrected chi connectivity index (χ3v) is 11.8. The number of unbranched alkanes of at least 4 members (excludes halogenated alkanes) is 5.